The summed E-state index contributed by atoms with van der Waals surface area (Å²) < 4.78 is 5.41. The topological polar surface area (TPSA) is 73.6 Å². The summed E-state index contributed by atoms with van der Waals surface area (Å²) in [4.78, 5) is 13.7. The van der Waals surface area contributed by atoms with Crippen LogP contribution in [0, 0.1) is 11.3 Å². The van der Waals surface area contributed by atoms with Crippen LogP contribution >= 0.6 is 0 Å². The number of aliphatic hydroxyl groups is 1. The molecule has 1 amide bonds. The number of nitrogens with zero attached hydrogens (tertiary/aromatic N) is 2. The lowest BCUT2D eigenvalue weighted by Crippen LogP contribution is -2.43. The molecule has 0 spiro atoms. The summed E-state index contributed by atoms with van der Waals surface area (Å²) in [5.74, 6) is 0.178. The van der Waals surface area contributed by atoms with Crippen molar-refractivity contribution >= 4 is 5.91 Å². The lowest BCUT2D eigenvalue weighted by Gasteiger charge is -2.28. The maximum Gasteiger partial charge on any atom is 0.260 e. The van der Waals surface area contributed by atoms with Crippen LogP contribution in [0.4, 0.5) is 0 Å². The van der Waals surface area contributed by atoms with Crippen LogP contribution in [0.5, 0.6) is 5.75 Å². The van der Waals surface area contributed by atoms with Gasteiger partial charge in [-0.05, 0) is 32.9 Å². The third kappa shape index (κ3) is 4.56. The molecule has 0 heterocycles. The van der Waals surface area contributed by atoms with Crippen LogP contribution in [0.3, 0.4) is 0 Å². The average Bonchev–Trinajstić information content (AvgIpc) is 2.42. The van der Waals surface area contributed by atoms with Crippen molar-refractivity contribution < 1.29 is 14.6 Å². The molecule has 1 aromatic rings. The Hall–Kier alpha value is -2.06. The van der Waals surface area contributed by atoms with Crippen LogP contribution in [0.1, 0.15) is 26.3 Å². The predicted octanol–water partition coefficient (Wildman–Crippen LogP) is 1.55. The second kappa shape index (κ2) is 7.51. The predicted molar refractivity (Wildman–Crippen MR) is 75.2 cm³/mol. The molecule has 0 aliphatic carbocycles. The van der Waals surface area contributed by atoms with Gasteiger partial charge in [0.2, 0.25) is 0 Å². The van der Waals surface area contributed by atoms with Crippen LogP contribution in [0.2, 0.25) is 0 Å². The molecular formula is C15H20N2O3. The van der Waals surface area contributed by atoms with Gasteiger partial charge in [0, 0.05) is 12.6 Å². The molecule has 0 aromatic heterocycles. The van der Waals surface area contributed by atoms with Gasteiger partial charge in [-0.25, -0.2) is 0 Å². The summed E-state index contributed by atoms with van der Waals surface area (Å²) in [5, 5.41) is 18.4. The van der Waals surface area contributed by atoms with E-state index >= 15 is 0 Å². The van der Waals surface area contributed by atoms with Gasteiger partial charge < -0.3 is 14.7 Å². The van der Waals surface area contributed by atoms with Gasteiger partial charge in [0.25, 0.3) is 5.91 Å². The van der Waals surface area contributed by atoms with Crippen LogP contribution < -0.4 is 4.74 Å². The zero-order valence-corrected chi connectivity index (χ0v) is 12.0. The molecule has 0 bridgehead atoms. The largest absolute Gasteiger partial charge is 0.482 e. The normalized spacial score (nSPS) is 11.8. The van der Waals surface area contributed by atoms with Gasteiger partial charge in [0.15, 0.2) is 6.61 Å². The van der Waals surface area contributed by atoms with E-state index in [0.717, 1.165) is 0 Å². The minimum atomic E-state index is -0.590. The highest BCUT2D eigenvalue weighted by Crippen LogP contribution is 2.16. The number of amides is 1. The van der Waals surface area contributed by atoms with E-state index in [1.165, 1.54) is 0 Å². The number of benzene rings is 1. The first-order chi connectivity index (χ1) is 9.45. The van der Waals surface area contributed by atoms with Crippen LogP contribution in [0.15, 0.2) is 24.3 Å². The molecule has 5 heteroatoms. The second-order valence-corrected chi connectivity index (χ2v) is 4.89. The Bertz CT molecular complexity index is 492. The van der Waals surface area contributed by atoms with Gasteiger partial charge in [-0.2, -0.15) is 5.26 Å². The molecule has 1 rings (SSSR count). The summed E-state index contributed by atoms with van der Waals surface area (Å²) in [6.45, 7) is 5.50. The number of aliphatic hydroxyl groups excluding tert-OH is 1. The Morgan fingerprint density at radius 2 is 2.05 bits per heavy atom. The molecule has 108 valence electrons. The van der Waals surface area contributed by atoms with Gasteiger partial charge in [-0.1, -0.05) is 12.1 Å². The molecule has 0 radical (unpaired) electrons. The zero-order chi connectivity index (χ0) is 15.1. The molecule has 0 aliphatic rings. The van der Waals surface area contributed by atoms with E-state index in [1.54, 1.807) is 36.1 Å². The maximum absolute atomic E-state index is 12.1. The monoisotopic (exact) mass is 276 g/mol. The smallest absolute Gasteiger partial charge is 0.260 e. The molecule has 1 atom stereocenters. The van der Waals surface area contributed by atoms with E-state index in [2.05, 4.69) is 0 Å². The fourth-order valence-corrected chi connectivity index (χ4v) is 1.79. The quantitative estimate of drug-likeness (QED) is 0.855. The fraction of sp³-hybridized carbons (Fsp3) is 0.467. The molecule has 1 N–H and O–H groups in total. The average molecular weight is 276 g/mol. The van der Waals surface area contributed by atoms with Crippen molar-refractivity contribution in [2.45, 2.75) is 32.9 Å². The Morgan fingerprint density at radius 1 is 1.40 bits per heavy atom. The van der Waals surface area contributed by atoms with E-state index in [1.807, 2.05) is 19.9 Å². The van der Waals surface area contributed by atoms with Gasteiger partial charge in [-0.15, -0.1) is 0 Å². The molecule has 20 heavy (non-hydrogen) atoms. The van der Waals surface area contributed by atoms with E-state index in [-0.39, 0.29) is 25.1 Å². The van der Waals surface area contributed by atoms with E-state index in [9.17, 15) is 9.90 Å². The van der Waals surface area contributed by atoms with Gasteiger partial charge in [0.1, 0.15) is 11.8 Å². The SMILES string of the molecule is CC(O)CN(C(=O)COc1ccccc1C#N)C(C)C. The first kappa shape index (κ1) is 16.0. The number of hydrogen-bond acceptors (Lipinski definition) is 4. The van der Waals surface area contributed by atoms with Crippen molar-refractivity contribution in [3.8, 4) is 11.8 Å². The highest BCUT2D eigenvalue weighted by Gasteiger charge is 2.19. The highest BCUT2D eigenvalue weighted by molar-refractivity contribution is 5.78. The minimum absolute atomic E-state index is 0.0214. The summed E-state index contributed by atoms with van der Waals surface area (Å²) in [7, 11) is 0. The number of para-hydroxylation sites is 1. The van der Waals surface area contributed by atoms with Crippen LogP contribution in [0.25, 0.3) is 0 Å². The van der Waals surface area contributed by atoms with Crippen molar-refractivity contribution in [3.63, 3.8) is 0 Å². The summed E-state index contributed by atoms with van der Waals surface area (Å²) in [6.07, 6.45) is -0.590. The Labute approximate surface area is 119 Å². The van der Waals surface area contributed by atoms with E-state index in [0.29, 0.717) is 11.3 Å². The molecule has 0 fully saturated rings. The van der Waals surface area contributed by atoms with Crippen molar-refractivity contribution in [2.75, 3.05) is 13.2 Å². The first-order valence-electron chi connectivity index (χ1n) is 6.55. The Balaban J connectivity index is 2.68. The van der Waals surface area contributed by atoms with Gasteiger partial charge in [0.05, 0.1) is 11.7 Å². The number of hydrogen-bond donors (Lipinski definition) is 1. The Kier molecular flexibility index (Phi) is 6.01. The maximum atomic E-state index is 12.1. The molecule has 5 nitrogen and oxygen atoms in total. The van der Waals surface area contributed by atoms with Crippen molar-refractivity contribution in [2.24, 2.45) is 0 Å². The number of rotatable bonds is 6. The van der Waals surface area contributed by atoms with Gasteiger partial charge in [-0.3, -0.25) is 4.79 Å². The molecule has 0 aliphatic heterocycles. The number of nitriles is 1. The zero-order valence-electron chi connectivity index (χ0n) is 12.0. The van der Waals surface area contributed by atoms with Crippen molar-refractivity contribution in [3.05, 3.63) is 29.8 Å². The molecule has 1 aromatic carbocycles. The number of carbonyl (C=O) groups excluding carboxylic acids is 1. The summed E-state index contributed by atoms with van der Waals surface area (Å²) in [5.41, 5.74) is 0.395. The minimum Gasteiger partial charge on any atom is -0.482 e. The molecular weight excluding hydrogens is 256 g/mol. The highest BCUT2D eigenvalue weighted by atomic mass is 16.5. The lowest BCUT2D eigenvalue weighted by molar-refractivity contribution is -0.136. The molecule has 1 unspecified atom stereocenters. The fourth-order valence-electron chi connectivity index (χ4n) is 1.79. The number of ether oxygens (including phenoxy) is 1. The number of carbonyl (C=O) groups is 1. The molecule has 0 saturated heterocycles. The van der Waals surface area contributed by atoms with E-state index < -0.39 is 6.10 Å². The standard InChI is InChI=1S/C15H20N2O3/c1-11(2)17(9-12(3)18)15(19)10-20-14-7-5-4-6-13(14)8-16/h4-7,11-12,18H,9-10H2,1-3H3. The summed E-state index contributed by atoms with van der Waals surface area (Å²) in [6, 6.07) is 8.76. The third-order valence-electron chi connectivity index (χ3n) is 2.76. The third-order valence-corrected chi connectivity index (χ3v) is 2.76. The first-order valence-corrected chi connectivity index (χ1v) is 6.55. The van der Waals surface area contributed by atoms with Crippen LogP contribution in [-0.2, 0) is 4.79 Å². The second-order valence-electron chi connectivity index (χ2n) is 4.89. The Morgan fingerprint density at radius 3 is 2.60 bits per heavy atom. The lowest BCUT2D eigenvalue weighted by atomic mass is 10.2. The van der Waals surface area contributed by atoms with Crippen molar-refractivity contribution in [1.82, 2.24) is 4.90 Å². The molecule has 0 saturated carbocycles. The van der Waals surface area contributed by atoms with Crippen LogP contribution in [-0.4, -0.2) is 41.2 Å². The summed E-state index contributed by atoms with van der Waals surface area (Å²) >= 11 is 0. The van der Waals surface area contributed by atoms with E-state index in [4.69, 9.17) is 10.00 Å². The van der Waals surface area contributed by atoms with Gasteiger partial charge >= 0.3 is 0 Å². The van der Waals surface area contributed by atoms with Crippen molar-refractivity contribution in [1.29, 1.82) is 5.26 Å².